The highest BCUT2D eigenvalue weighted by molar-refractivity contribution is 9.10. The molecule has 0 saturated heterocycles. The van der Waals surface area contributed by atoms with E-state index in [1.807, 2.05) is 27.0 Å². The lowest BCUT2D eigenvalue weighted by Gasteiger charge is -2.22. The number of hydrogen-bond acceptors (Lipinski definition) is 1. The van der Waals surface area contributed by atoms with E-state index in [-0.39, 0.29) is 10.7 Å². The number of carbonyl (C=O) groups excluding carboxylic acids is 1. The standard InChI is InChI=1S/C11H20BrNO/c1-5-6-7-8-13(4)11(14)10(12)9(2)3/h5,9-10H,1,6-8H2,2-4H3. The van der Waals surface area contributed by atoms with E-state index in [0.717, 1.165) is 19.4 Å². The molecule has 0 aromatic rings. The Labute approximate surface area is 95.5 Å². The molecule has 3 heteroatoms. The Morgan fingerprint density at radius 2 is 2.14 bits per heavy atom. The first-order valence-corrected chi connectivity index (χ1v) is 5.92. The predicted octanol–water partition coefficient (Wildman–Crippen LogP) is 2.83. The van der Waals surface area contributed by atoms with Crippen LogP contribution < -0.4 is 0 Å². The number of halogens is 1. The second-order valence-electron chi connectivity index (χ2n) is 3.84. The Hall–Kier alpha value is -0.310. The molecule has 0 aromatic heterocycles. The third-order valence-corrected chi connectivity index (χ3v) is 3.55. The molecule has 0 saturated carbocycles. The third-order valence-electron chi connectivity index (χ3n) is 2.10. The van der Waals surface area contributed by atoms with Gasteiger partial charge >= 0.3 is 0 Å². The maximum atomic E-state index is 11.7. The van der Waals surface area contributed by atoms with Crippen LogP contribution in [0.2, 0.25) is 0 Å². The molecule has 2 nitrogen and oxygen atoms in total. The summed E-state index contributed by atoms with van der Waals surface area (Å²) in [5.41, 5.74) is 0. The van der Waals surface area contributed by atoms with Crippen molar-refractivity contribution in [1.82, 2.24) is 4.90 Å². The predicted molar refractivity (Wildman–Crippen MR) is 64.6 cm³/mol. The van der Waals surface area contributed by atoms with Crippen molar-refractivity contribution in [2.24, 2.45) is 5.92 Å². The van der Waals surface area contributed by atoms with E-state index < -0.39 is 0 Å². The average molecular weight is 262 g/mol. The Morgan fingerprint density at radius 3 is 2.57 bits per heavy atom. The van der Waals surface area contributed by atoms with Gasteiger partial charge in [-0.15, -0.1) is 6.58 Å². The molecule has 0 aliphatic heterocycles. The van der Waals surface area contributed by atoms with Crippen molar-refractivity contribution in [1.29, 1.82) is 0 Å². The lowest BCUT2D eigenvalue weighted by Crippen LogP contribution is -2.36. The molecule has 1 amide bonds. The van der Waals surface area contributed by atoms with Crippen LogP contribution in [0.15, 0.2) is 12.7 Å². The molecule has 0 aliphatic carbocycles. The number of nitrogens with zero attached hydrogens (tertiary/aromatic N) is 1. The summed E-state index contributed by atoms with van der Waals surface area (Å²) < 4.78 is 0. The summed E-state index contributed by atoms with van der Waals surface area (Å²) in [5.74, 6) is 0.508. The number of hydrogen-bond donors (Lipinski definition) is 0. The van der Waals surface area contributed by atoms with E-state index in [2.05, 4.69) is 22.5 Å². The monoisotopic (exact) mass is 261 g/mol. The van der Waals surface area contributed by atoms with Crippen LogP contribution in [-0.4, -0.2) is 29.2 Å². The molecular formula is C11H20BrNO. The average Bonchev–Trinajstić information content (AvgIpc) is 2.15. The third kappa shape index (κ3) is 4.80. The van der Waals surface area contributed by atoms with E-state index in [9.17, 15) is 4.79 Å². The van der Waals surface area contributed by atoms with Gasteiger partial charge in [-0.05, 0) is 18.8 Å². The van der Waals surface area contributed by atoms with Gasteiger partial charge in [-0.3, -0.25) is 4.79 Å². The summed E-state index contributed by atoms with van der Waals surface area (Å²) in [4.78, 5) is 13.5. The van der Waals surface area contributed by atoms with E-state index >= 15 is 0 Å². The summed E-state index contributed by atoms with van der Waals surface area (Å²) >= 11 is 3.41. The second-order valence-corrected chi connectivity index (χ2v) is 4.82. The molecule has 0 N–H and O–H groups in total. The fourth-order valence-corrected chi connectivity index (χ4v) is 1.43. The molecular weight excluding hydrogens is 242 g/mol. The maximum absolute atomic E-state index is 11.7. The minimum Gasteiger partial charge on any atom is -0.345 e. The first-order valence-electron chi connectivity index (χ1n) is 5.00. The topological polar surface area (TPSA) is 20.3 Å². The van der Waals surface area contributed by atoms with Gasteiger partial charge in [0.05, 0.1) is 4.83 Å². The summed E-state index contributed by atoms with van der Waals surface area (Å²) in [5, 5.41) is 0. The summed E-state index contributed by atoms with van der Waals surface area (Å²) in [6.07, 6.45) is 3.84. The van der Waals surface area contributed by atoms with Crippen LogP contribution in [0.25, 0.3) is 0 Å². The first kappa shape index (κ1) is 13.7. The summed E-state index contributed by atoms with van der Waals surface area (Å²) in [6, 6.07) is 0. The van der Waals surface area contributed by atoms with Gasteiger partial charge in [0.1, 0.15) is 0 Å². The molecule has 0 aromatic carbocycles. The molecule has 1 unspecified atom stereocenters. The van der Waals surface area contributed by atoms with Crippen LogP contribution in [0.1, 0.15) is 26.7 Å². The van der Waals surface area contributed by atoms with Gasteiger partial charge in [0.15, 0.2) is 0 Å². The van der Waals surface area contributed by atoms with Gasteiger partial charge < -0.3 is 4.90 Å². The van der Waals surface area contributed by atoms with Crippen molar-refractivity contribution < 1.29 is 4.79 Å². The lowest BCUT2D eigenvalue weighted by atomic mass is 10.1. The Bertz CT molecular complexity index is 192. The van der Waals surface area contributed by atoms with E-state index in [1.54, 1.807) is 4.90 Å². The van der Waals surface area contributed by atoms with Crippen LogP contribution in [-0.2, 0) is 4.79 Å². The Balaban J connectivity index is 3.92. The molecule has 0 radical (unpaired) electrons. The van der Waals surface area contributed by atoms with Crippen molar-refractivity contribution in [3.63, 3.8) is 0 Å². The van der Waals surface area contributed by atoms with Crippen LogP contribution in [0, 0.1) is 5.92 Å². The fourth-order valence-electron chi connectivity index (χ4n) is 1.08. The number of rotatable bonds is 6. The van der Waals surface area contributed by atoms with Crippen molar-refractivity contribution >= 4 is 21.8 Å². The number of unbranched alkanes of at least 4 members (excludes halogenated alkanes) is 1. The minimum atomic E-state index is -0.0590. The van der Waals surface area contributed by atoms with E-state index in [4.69, 9.17) is 0 Å². The smallest absolute Gasteiger partial charge is 0.236 e. The largest absolute Gasteiger partial charge is 0.345 e. The zero-order valence-electron chi connectivity index (χ0n) is 9.29. The van der Waals surface area contributed by atoms with Gasteiger partial charge in [0.25, 0.3) is 0 Å². The van der Waals surface area contributed by atoms with Gasteiger partial charge in [0.2, 0.25) is 5.91 Å². The zero-order valence-corrected chi connectivity index (χ0v) is 10.9. The molecule has 0 aliphatic rings. The number of alkyl halides is 1. The molecule has 0 fully saturated rings. The number of carbonyl (C=O) groups is 1. The summed E-state index contributed by atoms with van der Waals surface area (Å²) in [6.45, 7) is 8.53. The molecule has 0 rings (SSSR count). The first-order chi connectivity index (χ1) is 6.50. The van der Waals surface area contributed by atoms with Crippen molar-refractivity contribution in [3.05, 3.63) is 12.7 Å². The summed E-state index contributed by atoms with van der Waals surface area (Å²) in [7, 11) is 1.85. The Kier molecular flexibility index (Phi) is 6.89. The highest BCUT2D eigenvalue weighted by Crippen LogP contribution is 2.14. The molecule has 0 heterocycles. The maximum Gasteiger partial charge on any atom is 0.236 e. The lowest BCUT2D eigenvalue weighted by molar-refractivity contribution is -0.129. The van der Waals surface area contributed by atoms with Crippen molar-refractivity contribution in [3.8, 4) is 0 Å². The SMILES string of the molecule is C=CCCCN(C)C(=O)C(Br)C(C)C. The van der Waals surface area contributed by atoms with Crippen LogP contribution >= 0.6 is 15.9 Å². The van der Waals surface area contributed by atoms with E-state index in [0.29, 0.717) is 5.92 Å². The number of amides is 1. The van der Waals surface area contributed by atoms with Crippen molar-refractivity contribution in [2.75, 3.05) is 13.6 Å². The fraction of sp³-hybridized carbons (Fsp3) is 0.727. The van der Waals surface area contributed by atoms with Gasteiger partial charge in [0, 0.05) is 13.6 Å². The normalized spacial score (nSPS) is 12.6. The molecule has 14 heavy (non-hydrogen) atoms. The van der Waals surface area contributed by atoms with Gasteiger partial charge in [-0.25, -0.2) is 0 Å². The van der Waals surface area contributed by atoms with Gasteiger partial charge in [-0.1, -0.05) is 35.9 Å². The zero-order chi connectivity index (χ0) is 11.1. The van der Waals surface area contributed by atoms with Crippen LogP contribution in [0.5, 0.6) is 0 Å². The molecule has 1 atom stereocenters. The quantitative estimate of drug-likeness (QED) is 0.409. The molecule has 0 spiro atoms. The molecule has 0 bridgehead atoms. The van der Waals surface area contributed by atoms with Crippen LogP contribution in [0.4, 0.5) is 0 Å². The van der Waals surface area contributed by atoms with E-state index in [1.165, 1.54) is 0 Å². The van der Waals surface area contributed by atoms with Crippen molar-refractivity contribution in [2.45, 2.75) is 31.5 Å². The van der Waals surface area contributed by atoms with Gasteiger partial charge in [-0.2, -0.15) is 0 Å². The number of allylic oxidation sites excluding steroid dienone is 1. The highest BCUT2D eigenvalue weighted by Gasteiger charge is 2.21. The second kappa shape index (κ2) is 7.04. The Morgan fingerprint density at radius 1 is 1.57 bits per heavy atom. The molecule has 82 valence electrons. The minimum absolute atomic E-state index is 0.0590. The highest BCUT2D eigenvalue weighted by atomic mass is 79.9. The van der Waals surface area contributed by atoms with Crippen LogP contribution in [0.3, 0.4) is 0 Å².